The molecular weight excluding hydrogens is 246 g/mol. The molecule has 1 rings (SSSR count). The number of nitriles is 2. The smallest absolute Gasteiger partial charge is 0.237 e. The quantitative estimate of drug-likeness (QED) is 0.489. The van der Waals surface area contributed by atoms with E-state index >= 15 is 0 Å². The molecule has 0 aliphatic heterocycles. The van der Waals surface area contributed by atoms with Crippen LogP contribution < -0.4 is 5.43 Å². The molecule has 1 N–H and O–H groups in total. The predicted molar refractivity (Wildman–Crippen MR) is 68.9 cm³/mol. The Bertz CT molecular complexity index is 549. The van der Waals surface area contributed by atoms with Crippen LogP contribution in [0.1, 0.15) is 12.5 Å². The van der Waals surface area contributed by atoms with Gasteiger partial charge in [-0.1, -0.05) is 12.1 Å². The number of hydrogen-bond donors (Lipinski definition) is 1. The highest BCUT2D eigenvalue weighted by Gasteiger charge is 2.12. The molecule has 0 fully saturated rings. The number of rotatable bonds is 5. The Balaban J connectivity index is 2.68. The van der Waals surface area contributed by atoms with Gasteiger partial charge >= 0.3 is 0 Å². The van der Waals surface area contributed by atoms with Crippen molar-refractivity contribution in [3.8, 4) is 12.1 Å². The lowest BCUT2D eigenvalue weighted by Crippen LogP contribution is -2.17. The highest BCUT2D eigenvalue weighted by molar-refractivity contribution is 6.10. The maximum Gasteiger partial charge on any atom is 0.237 e. The number of nitrogens with zero attached hydrogens (tertiary/aromatic N) is 4. The molecule has 1 atom stereocenters. The van der Waals surface area contributed by atoms with Crippen molar-refractivity contribution in [2.75, 3.05) is 5.43 Å². The minimum Gasteiger partial charge on any atom is -0.277 e. The zero-order valence-electron chi connectivity index (χ0n) is 10.2. The molecule has 1 aromatic carbocycles. The van der Waals surface area contributed by atoms with Gasteiger partial charge in [0.05, 0.1) is 5.69 Å². The summed E-state index contributed by atoms with van der Waals surface area (Å²) >= 11 is 0. The SMILES string of the molecule is CC(Cc1ccc(NN=C(C#N)C#N)cc1)[N+](=O)[O-]. The minimum absolute atomic E-state index is 0.272. The van der Waals surface area contributed by atoms with Gasteiger partial charge in [-0.25, -0.2) is 0 Å². The monoisotopic (exact) mass is 257 g/mol. The highest BCUT2D eigenvalue weighted by atomic mass is 16.6. The first-order valence-electron chi connectivity index (χ1n) is 5.43. The van der Waals surface area contributed by atoms with E-state index in [-0.39, 0.29) is 10.6 Å². The molecule has 0 saturated heterocycles. The summed E-state index contributed by atoms with van der Waals surface area (Å²) in [6.07, 6.45) is 0.345. The van der Waals surface area contributed by atoms with Crippen molar-refractivity contribution in [3.63, 3.8) is 0 Å². The maximum atomic E-state index is 10.5. The number of nitro groups is 1. The highest BCUT2D eigenvalue weighted by Crippen LogP contribution is 2.12. The fourth-order valence-electron chi connectivity index (χ4n) is 1.33. The molecule has 0 radical (unpaired) electrons. The van der Waals surface area contributed by atoms with E-state index in [2.05, 4.69) is 10.5 Å². The van der Waals surface area contributed by atoms with Gasteiger partial charge in [0.15, 0.2) is 0 Å². The van der Waals surface area contributed by atoms with Crippen LogP contribution in [0.4, 0.5) is 5.69 Å². The Labute approximate surface area is 109 Å². The third-order valence-corrected chi connectivity index (χ3v) is 2.35. The summed E-state index contributed by atoms with van der Waals surface area (Å²) in [5.74, 6) is 0. The van der Waals surface area contributed by atoms with Crippen molar-refractivity contribution >= 4 is 11.4 Å². The summed E-state index contributed by atoms with van der Waals surface area (Å²) in [6.45, 7) is 1.54. The topological polar surface area (TPSA) is 115 Å². The Kier molecular flexibility index (Phi) is 5.00. The van der Waals surface area contributed by atoms with E-state index in [0.29, 0.717) is 12.1 Å². The first-order valence-corrected chi connectivity index (χ1v) is 5.43. The van der Waals surface area contributed by atoms with Crippen LogP contribution in [-0.2, 0) is 6.42 Å². The van der Waals surface area contributed by atoms with Crippen LogP contribution in [0.2, 0.25) is 0 Å². The lowest BCUT2D eigenvalue weighted by Gasteiger charge is -2.05. The van der Waals surface area contributed by atoms with E-state index in [9.17, 15) is 10.1 Å². The van der Waals surface area contributed by atoms with Crippen LogP contribution in [0.5, 0.6) is 0 Å². The van der Waals surface area contributed by atoms with E-state index < -0.39 is 6.04 Å². The van der Waals surface area contributed by atoms with E-state index in [1.54, 1.807) is 43.3 Å². The van der Waals surface area contributed by atoms with Crippen molar-refractivity contribution in [1.29, 1.82) is 10.5 Å². The largest absolute Gasteiger partial charge is 0.277 e. The van der Waals surface area contributed by atoms with Crippen molar-refractivity contribution < 1.29 is 4.92 Å². The summed E-state index contributed by atoms with van der Waals surface area (Å²) in [5, 5.41) is 31.1. The molecule has 0 saturated carbocycles. The molecule has 7 heteroatoms. The molecule has 0 aliphatic rings. The van der Waals surface area contributed by atoms with E-state index in [1.807, 2.05) is 0 Å². The summed E-state index contributed by atoms with van der Waals surface area (Å²) in [5.41, 5.74) is 3.72. The maximum absolute atomic E-state index is 10.5. The zero-order chi connectivity index (χ0) is 14.3. The van der Waals surface area contributed by atoms with Crippen molar-refractivity contribution in [3.05, 3.63) is 39.9 Å². The molecule has 0 spiro atoms. The normalized spacial score (nSPS) is 10.7. The van der Waals surface area contributed by atoms with Crippen LogP contribution in [0.15, 0.2) is 29.4 Å². The average molecular weight is 257 g/mol. The molecule has 0 aliphatic carbocycles. The molecule has 7 nitrogen and oxygen atoms in total. The molecule has 1 unspecified atom stereocenters. The van der Waals surface area contributed by atoms with Crippen LogP contribution >= 0.6 is 0 Å². The molecule has 0 bridgehead atoms. The third-order valence-electron chi connectivity index (χ3n) is 2.35. The van der Waals surface area contributed by atoms with E-state index in [0.717, 1.165) is 5.56 Å². The van der Waals surface area contributed by atoms with Crippen molar-refractivity contribution in [2.24, 2.45) is 5.10 Å². The van der Waals surface area contributed by atoms with Gasteiger partial charge in [0, 0.05) is 18.3 Å². The van der Waals surface area contributed by atoms with Crippen LogP contribution in [0, 0.1) is 32.8 Å². The van der Waals surface area contributed by atoms with E-state index in [4.69, 9.17) is 10.5 Å². The average Bonchev–Trinajstić information content (AvgIpc) is 2.41. The molecule has 0 aromatic heterocycles. The van der Waals surface area contributed by atoms with Gasteiger partial charge in [0.25, 0.3) is 0 Å². The second kappa shape index (κ2) is 6.72. The van der Waals surface area contributed by atoms with Gasteiger partial charge in [-0.15, -0.1) is 0 Å². The molecule has 0 heterocycles. The van der Waals surface area contributed by atoms with Crippen molar-refractivity contribution in [1.82, 2.24) is 0 Å². The van der Waals surface area contributed by atoms with Gasteiger partial charge in [0.2, 0.25) is 11.8 Å². The number of anilines is 1. The second-order valence-electron chi connectivity index (χ2n) is 3.83. The summed E-state index contributed by atoms with van der Waals surface area (Å²) in [4.78, 5) is 10.2. The van der Waals surface area contributed by atoms with Crippen molar-refractivity contribution in [2.45, 2.75) is 19.4 Å². The Morgan fingerprint density at radius 1 is 1.42 bits per heavy atom. The number of hydrazone groups is 1. The first-order chi connectivity index (χ1) is 9.06. The van der Waals surface area contributed by atoms with Crippen LogP contribution in [-0.4, -0.2) is 16.7 Å². The standard InChI is InChI=1S/C12H11N5O2/c1-9(17(18)19)6-10-2-4-11(5-3-10)15-16-12(7-13)8-14/h2-5,9,15H,6H2,1H3. The van der Waals surface area contributed by atoms with Gasteiger partial charge < -0.3 is 0 Å². The van der Waals surface area contributed by atoms with Gasteiger partial charge in [-0.3, -0.25) is 15.5 Å². The second-order valence-corrected chi connectivity index (χ2v) is 3.83. The number of nitrogens with one attached hydrogen (secondary N) is 1. The molecular formula is C12H11N5O2. The van der Waals surface area contributed by atoms with Gasteiger partial charge in [-0.05, 0) is 17.7 Å². The Morgan fingerprint density at radius 2 is 2.00 bits per heavy atom. The Morgan fingerprint density at radius 3 is 2.47 bits per heavy atom. The summed E-state index contributed by atoms with van der Waals surface area (Å²) < 4.78 is 0. The third kappa shape index (κ3) is 4.44. The minimum atomic E-state index is -0.638. The fraction of sp³-hybridized carbons (Fsp3) is 0.250. The lowest BCUT2D eigenvalue weighted by molar-refractivity contribution is -0.517. The summed E-state index contributed by atoms with van der Waals surface area (Å²) in [6, 6.07) is 9.43. The summed E-state index contributed by atoms with van der Waals surface area (Å²) in [7, 11) is 0. The molecule has 1 aromatic rings. The molecule has 0 amide bonds. The van der Waals surface area contributed by atoms with Crippen LogP contribution in [0.25, 0.3) is 0 Å². The lowest BCUT2D eigenvalue weighted by atomic mass is 10.1. The molecule has 96 valence electrons. The first kappa shape index (κ1) is 14.1. The number of hydrogen-bond acceptors (Lipinski definition) is 6. The van der Waals surface area contributed by atoms with Gasteiger partial charge in [0.1, 0.15) is 12.1 Å². The number of benzene rings is 1. The molecule has 19 heavy (non-hydrogen) atoms. The van der Waals surface area contributed by atoms with Crippen LogP contribution in [0.3, 0.4) is 0 Å². The van der Waals surface area contributed by atoms with Gasteiger partial charge in [-0.2, -0.15) is 15.6 Å². The predicted octanol–water partition coefficient (Wildman–Crippen LogP) is 1.71. The fourth-order valence-corrected chi connectivity index (χ4v) is 1.33. The zero-order valence-corrected chi connectivity index (χ0v) is 10.2. The Hall–Kier alpha value is -2.93. The van der Waals surface area contributed by atoms with E-state index in [1.165, 1.54) is 0 Å².